The number of nitrogens with one attached hydrogen (secondary N) is 1. The van der Waals surface area contributed by atoms with E-state index in [-0.39, 0.29) is 23.6 Å². The molecule has 1 aliphatic heterocycles. The molecule has 1 atom stereocenters. The fraction of sp³-hybridized carbons (Fsp3) is 0.556. The van der Waals surface area contributed by atoms with Crippen LogP contribution in [0.4, 0.5) is 0 Å². The highest BCUT2D eigenvalue weighted by molar-refractivity contribution is 5.81. The van der Waals surface area contributed by atoms with Crippen LogP contribution in [0.25, 0.3) is 0 Å². The lowest BCUT2D eigenvalue weighted by atomic mass is 10.0. The van der Waals surface area contributed by atoms with Crippen molar-refractivity contribution in [1.82, 2.24) is 10.2 Å². The Labute approximate surface area is 147 Å². The minimum Gasteiger partial charge on any atom is -0.508 e. The summed E-state index contributed by atoms with van der Waals surface area (Å²) in [7, 11) is 1.57. The van der Waals surface area contributed by atoms with Gasteiger partial charge in [0, 0.05) is 32.7 Å². The van der Waals surface area contributed by atoms with Crippen LogP contribution in [0.1, 0.15) is 26.2 Å². The number of benzene rings is 1. The number of aromatic hydroxyl groups is 1. The van der Waals surface area contributed by atoms with Crippen molar-refractivity contribution in [3.05, 3.63) is 24.3 Å². The van der Waals surface area contributed by atoms with E-state index in [1.165, 1.54) is 12.1 Å². The number of amides is 2. The number of carbonyl (C=O) groups excluding carboxylic acids is 2. The summed E-state index contributed by atoms with van der Waals surface area (Å²) in [6.45, 7) is 3.32. The number of piperidine rings is 1. The van der Waals surface area contributed by atoms with Crippen LogP contribution in [0.15, 0.2) is 24.3 Å². The van der Waals surface area contributed by atoms with Gasteiger partial charge < -0.3 is 24.8 Å². The molecule has 25 heavy (non-hydrogen) atoms. The number of rotatable bonds is 7. The zero-order chi connectivity index (χ0) is 18.2. The molecule has 1 fully saturated rings. The maximum absolute atomic E-state index is 12.5. The van der Waals surface area contributed by atoms with Crippen LogP contribution >= 0.6 is 0 Å². The van der Waals surface area contributed by atoms with E-state index in [1.807, 2.05) is 0 Å². The number of nitrogens with zero attached hydrogens (tertiary/aromatic N) is 1. The zero-order valence-electron chi connectivity index (χ0n) is 14.7. The molecule has 0 aromatic heterocycles. The Morgan fingerprint density at radius 1 is 1.28 bits per heavy atom. The van der Waals surface area contributed by atoms with Crippen molar-refractivity contribution < 1.29 is 24.2 Å². The third kappa shape index (κ3) is 5.94. The summed E-state index contributed by atoms with van der Waals surface area (Å²) in [5.41, 5.74) is 0. The van der Waals surface area contributed by atoms with Gasteiger partial charge in [-0.1, -0.05) is 0 Å². The molecule has 0 bridgehead atoms. The summed E-state index contributed by atoms with van der Waals surface area (Å²) in [5, 5.41) is 12.2. The van der Waals surface area contributed by atoms with Gasteiger partial charge in [-0.15, -0.1) is 0 Å². The van der Waals surface area contributed by atoms with Crippen LogP contribution in [0.2, 0.25) is 0 Å². The van der Waals surface area contributed by atoms with Gasteiger partial charge in [-0.05, 0) is 44.0 Å². The Morgan fingerprint density at radius 2 is 1.92 bits per heavy atom. The van der Waals surface area contributed by atoms with Gasteiger partial charge in [-0.3, -0.25) is 9.59 Å². The molecule has 2 N–H and O–H groups in total. The van der Waals surface area contributed by atoms with E-state index in [2.05, 4.69) is 5.32 Å². The predicted molar refractivity (Wildman–Crippen MR) is 92.4 cm³/mol. The van der Waals surface area contributed by atoms with Gasteiger partial charge in [-0.2, -0.15) is 0 Å². The normalized spacial score (nSPS) is 16.3. The standard InChI is InChI=1S/C18H26N2O5/c1-13(25-16-5-3-15(21)4-6-16)18(23)20-10-7-14(8-11-20)19-17(22)9-12-24-2/h3-6,13-14,21H,7-12H2,1-2H3,(H,19,22). The smallest absolute Gasteiger partial charge is 0.263 e. The minimum absolute atomic E-state index is 0.0179. The molecule has 0 saturated carbocycles. The predicted octanol–water partition coefficient (Wildman–Crippen LogP) is 1.30. The highest BCUT2D eigenvalue weighted by atomic mass is 16.5. The number of likely N-dealkylation sites (tertiary alicyclic amines) is 1. The van der Waals surface area contributed by atoms with Gasteiger partial charge in [0.2, 0.25) is 5.91 Å². The molecule has 0 aliphatic carbocycles. The molecule has 0 radical (unpaired) electrons. The van der Waals surface area contributed by atoms with Gasteiger partial charge in [0.15, 0.2) is 6.10 Å². The molecule has 7 nitrogen and oxygen atoms in total. The highest BCUT2D eigenvalue weighted by Crippen LogP contribution is 2.19. The van der Waals surface area contributed by atoms with Crippen molar-refractivity contribution in [3.8, 4) is 11.5 Å². The Bertz CT molecular complexity index is 567. The van der Waals surface area contributed by atoms with Crippen LogP contribution in [0.3, 0.4) is 0 Å². The molecule has 138 valence electrons. The third-order valence-corrected chi connectivity index (χ3v) is 4.20. The lowest BCUT2D eigenvalue weighted by molar-refractivity contribution is -0.139. The second-order valence-corrected chi connectivity index (χ2v) is 6.16. The maximum atomic E-state index is 12.5. The van der Waals surface area contributed by atoms with Crippen LogP contribution in [-0.4, -0.2) is 60.8 Å². The van der Waals surface area contributed by atoms with Gasteiger partial charge in [0.05, 0.1) is 6.61 Å². The van der Waals surface area contributed by atoms with Crippen molar-refractivity contribution in [1.29, 1.82) is 0 Å². The van der Waals surface area contributed by atoms with E-state index >= 15 is 0 Å². The van der Waals surface area contributed by atoms with Gasteiger partial charge in [-0.25, -0.2) is 0 Å². The highest BCUT2D eigenvalue weighted by Gasteiger charge is 2.27. The number of methoxy groups -OCH3 is 1. The molecule has 0 spiro atoms. The molecule has 2 amide bonds. The van der Waals surface area contributed by atoms with Crippen molar-refractivity contribution >= 4 is 11.8 Å². The molecule has 1 aromatic carbocycles. The van der Waals surface area contributed by atoms with Crippen LogP contribution in [-0.2, 0) is 14.3 Å². The molecular formula is C18H26N2O5. The first-order valence-electron chi connectivity index (χ1n) is 8.52. The number of carbonyl (C=O) groups is 2. The molecule has 1 aromatic rings. The molecule has 1 unspecified atom stereocenters. The van der Waals surface area contributed by atoms with Crippen molar-refractivity contribution in [2.45, 2.75) is 38.3 Å². The quantitative estimate of drug-likeness (QED) is 0.774. The van der Waals surface area contributed by atoms with Crippen LogP contribution in [0, 0.1) is 0 Å². The maximum Gasteiger partial charge on any atom is 0.263 e. The van der Waals surface area contributed by atoms with E-state index in [0.29, 0.717) is 31.9 Å². The van der Waals surface area contributed by atoms with E-state index in [9.17, 15) is 14.7 Å². The first-order valence-corrected chi connectivity index (χ1v) is 8.52. The van der Waals surface area contributed by atoms with E-state index < -0.39 is 6.10 Å². The number of phenolic OH excluding ortho intramolecular Hbond substituents is 1. The molecule has 1 saturated heterocycles. The molecule has 1 heterocycles. The van der Waals surface area contributed by atoms with Crippen LogP contribution < -0.4 is 10.1 Å². The summed E-state index contributed by atoms with van der Waals surface area (Å²) in [5.74, 6) is 0.604. The molecule has 2 rings (SSSR count). The fourth-order valence-corrected chi connectivity index (χ4v) is 2.78. The minimum atomic E-state index is -0.600. The monoisotopic (exact) mass is 350 g/mol. The number of hydrogen-bond donors (Lipinski definition) is 2. The summed E-state index contributed by atoms with van der Waals surface area (Å²) in [4.78, 5) is 26.0. The van der Waals surface area contributed by atoms with Gasteiger partial charge in [0.25, 0.3) is 5.91 Å². The molecular weight excluding hydrogens is 324 g/mol. The summed E-state index contributed by atoms with van der Waals surface area (Å²) in [6.07, 6.45) is 1.22. The average Bonchev–Trinajstić information content (AvgIpc) is 2.62. The number of hydrogen-bond acceptors (Lipinski definition) is 5. The summed E-state index contributed by atoms with van der Waals surface area (Å²) >= 11 is 0. The summed E-state index contributed by atoms with van der Waals surface area (Å²) < 4.78 is 10.5. The van der Waals surface area contributed by atoms with Gasteiger partial charge in [0.1, 0.15) is 11.5 Å². The average molecular weight is 350 g/mol. The topological polar surface area (TPSA) is 88.1 Å². The lowest BCUT2D eigenvalue weighted by Gasteiger charge is -2.33. The van der Waals surface area contributed by atoms with E-state index in [4.69, 9.17) is 9.47 Å². The van der Waals surface area contributed by atoms with Gasteiger partial charge >= 0.3 is 0 Å². The Kier molecular flexibility index (Phi) is 7.06. The summed E-state index contributed by atoms with van der Waals surface area (Å²) in [6, 6.07) is 6.39. The number of phenols is 1. The van der Waals surface area contributed by atoms with Crippen molar-refractivity contribution in [3.63, 3.8) is 0 Å². The lowest BCUT2D eigenvalue weighted by Crippen LogP contribution is -2.49. The zero-order valence-corrected chi connectivity index (χ0v) is 14.7. The molecule has 1 aliphatic rings. The first-order chi connectivity index (χ1) is 12.0. The number of ether oxygens (including phenoxy) is 2. The van der Waals surface area contributed by atoms with E-state index in [1.54, 1.807) is 31.1 Å². The Hall–Kier alpha value is -2.28. The Morgan fingerprint density at radius 3 is 2.52 bits per heavy atom. The second-order valence-electron chi connectivity index (χ2n) is 6.16. The van der Waals surface area contributed by atoms with Crippen molar-refractivity contribution in [2.75, 3.05) is 26.8 Å². The third-order valence-electron chi connectivity index (χ3n) is 4.20. The largest absolute Gasteiger partial charge is 0.508 e. The SMILES string of the molecule is COCCC(=O)NC1CCN(C(=O)C(C)Oc2ccc(O)cc2)CC1. The first kappa shape index (κ1) is 19.1. The van der Waals surface area contributed by atoms with Crippen LogP contribution in [0.5, 0.6) is 11.5 Å². The Balaban J connectivity index is 1.76. The molecule has 7 heteroatoms. The fourth-order valence-electron chi connectivity index (χ4n) is 2.78. The van der Waals surface area contributed by atoms with Crippen molar-refractivity contribution in [2.24, 2.45) is 0 Å². The van der Waals surface area contributed by atoms with E-state index in [0.717, 1.165) is 12.8 Å². The second kappa shape index (κ2) is 9.27.